The molecule has 0 heterocycles. The summed E-state index contributed by atoms with van der Waals surface area (Å²) in [4.78, 5) is 12.1. The molecule has 0 saturated carbocycles. The first-order valence-electron chi connectivity index (χ1n) is 9.62. The third-order valence-electron chi connectivity index (χ3n) is 4.38. The van der Waals surface area contributed by atoms with Gasteiger partial charge in [-0.1, -0.05) is 24.3 Å². The molecular weight excluding hydrogens is 490 g/mol. The van der Waals surface area contributed by atoms with E-state index >= 15 is 0 Å². The van der Waals surface area contributed by atoms with E-state index in [0.29, 0.717) is 0 Å². The molecule has 0 aromatic heterocycles. The highest BCUT2D eigenvalue weighted by Gasteiger charge is 2.44. The van der Waals surface area contributed by atoms with Crippen LogP contribution in [0.15, 0.2) is 48.5 Å². The van der Waals surface area contributed by atoms with E-state index in [-0.39, 0.29) is 11.1 Å². The molecule has 188 valence electrons. The van der Waals surface area contributed by atoms with Gasteiger partial charge in [-0.3, -0.25) is 4.79 Å². The van der Waals surface area contributed by atoms with E-state index in [1.54, 1.807) is 20.8 Å². The molecule has 0 aliphatic rings. The minimum absolute atomic E-state index is 0.0604. The molecular formula is C21H22F6N2O4S. The minimum Gasteiger partial charge on any atom is -0.598 e. The van der Waals surface area contributed by atoms with Crippen molar-refractivity contribution < 1.29 is 45.2 Å². The van der Waals surface area contributed by atoms with Crippen molar-refractivity contribution in [2.24, 2.45) is 5.73 Å². The highest BCUT2D eigenvalue weighted by atomic mass is 32.2. The van der Waals surface area contributed by atoms with Crippen LogP contribution in [0.1, 0.15) is 38.3 Å². The number of ether oxygens (including phenoxy) is 2. The maximum Gasteiger partial charge on any atom is 0.573 e. The van der Waals surface area contributed by atoms with Crippen molar-refractivity contribution in [3.8, 4) is 11.5 Å². The quantitative estimate of drug-likeness (QED) is 0.396. The number of hydrogen-bond donors (Lipinski definition) is 2. The average molecular weight is 512 g/mol. The third kappa shape index (κ3) is 7.71. The molecule has 0 radical (unpaired) electrons. The van der Waals surface area contributed by atoms with Crippen LogP contribution < -0.4 is 19.9 Å². The van der Waals surface area contributed by atoms with Gasteiger partial charge in [0.05, 0.1) is 6.42 Å². The van der Waals surface area contributed by atoms with Gasteiger partial charge in [-0.2, -0.15) is 0 Å². The van der Waals surface area contributed by atoms with Crippen LogP contribution in [0.5, 0.6) is 11.5 Å². The fourth-order valence-corrected chi connectivity index (χ4v) is 3.95. The lowest BCUT2D eigenvalue weighted by Gasteiger charge is -2.38. The van der Waals surface area contributed by atoms with E-state index in [1.165, 1.54) is 24.3 Å². The molecule has 0 bridgehead atoms. The molecule has 34 heavy (non-hydrogen) atoms. The van der Waals surface area contributed by atoms with Crippen molar-refractivity contribution in [1.82, 2.24) is 4.72 Å². The molecule has 0 saturated heterocycles. The molecule has 0 fully saturated rings. The van der Waals surface area contributed by atoms with E-state index in [0.717, 1.165) is 24.3 Å². The standard InChI is InChI=1S/C21H22F6N2O4S/c1-18(2,3)34(31)29-19(12-17(28)30,13-6-4-8-15(10-13)32-20(22,23)24)14-7-5-9-16(11-14)33-21(25,26)27/h4-11,29H,12H2,1-3H3,(H2,28,30). The van der Waals surface area contributed by atoms with Crippen molar-refractivity contribution in [2.45, 2.75) is 50.2 Å². The molecule has 1 amide bonds. The van der Waals surface area contributed by atoms with Crippen LogP contribution in [0, 0.1) is 0 Å². The summed E-state index contributed by atoms with van der Waals surface area (Å²) in [5.74, 6) is -2.29. The lowest BCUT2D eigenvalue weighted by molar-refractivity contribution is -0.275. The molecule has 1 atom stereocenters. The number of carbonyl (C=O) groups is 1. The van der Waals surface area contributed by atoms with Crippen LogP contribution in [0.25, 0.3) is 0 Å². The van der Waals surface area contributed by atoms with E-state index in [2.05, 4.69) is 14.2 Å². The number of primary amides is 1. The second-order valence-corrected chi connectivity index (χ2v) is 10.1. The molecule has 2 aromatic carbocycles. The summed E-state index contributed by atoms with van der Waals surface area (Å²) >= 11 is -1.96. The van der Waals surface area contributed by atoms with Gasteiger partial charge >= 0.3 is 12.7 Å². The van der Waals surface area contributed by atoms with E-state index < -0.39 is 58.2 Å². The van der Waals surface area contributed by atoms with Gasteiger partial charge < -0.3 is 19.8 Å². The fraction of sp³-hybridized carbons (Fsp3) is 0.381. The first-order chi connectivity index (χ1) is 15.4. The zero-order valence-corrected chi connectivity index (χ0v) is 19.0. The number of nitrogens with two attached hydrogens (primary N) is 1. The Labute approximate surface area is 194 Å². The molecule has 1 unspecified atom stereocenters. The summed E-state index contributed by atoms with van der Waals surface area (Å²) in [6.07, 6.45) is -10.7. The average Bonchev–Trinajstić information content (AvgIpc) is 2.64. The summed E-state index contributed by atoms with van der Waals surface area (Å²) in [5, 5.41) is 0. The first kappa shape index (κ1) is 27.6. The number of hydrogen-bond acceptors (Lipinski definition) is 5. The second-order valence-electron chi connectivity index (χ2n) is 8.18. The Hall–Kier alpha value is -2.64. The van der Waals surface area contributed by atoms with Crippen LogP contribution in [0.4, 0.5) is 26.3 Å². The number of rotatable bonds is 8. The number of amides is 1. The molecule has 13 heteroatoms. The fourth-order valence-electron chi connectivity index (χ4n) is 3.01. The van der Waals surface area contributed by atoms with E-state index in [1.807, 2.05) is 0 Å². The Morgan fingerprint density at radius 3 is 1.65 bits per heavy atom. The molecule has 2 rings (SSSR count). The van der Waals surface area contributed by atoms with Gasteiger partial charge in [0.1, 0.15) is 21.8 Å². The molecule has 0 aliphatic heterocycles. The highest BCUT2D eigenvalue weighted by molar-refractivity contribution is 7.90. The van der Waals surface area contributed by atoms with E-state index in [4.69, 9.17) is 5.73 Å². The Morgan fingerprint density at radius 2 is 1.32 bits per heavy atom. The largest absolute Gasteiger partial charge is 0.598 e. The summed E-state index contributed by atoms with van der Waals surface area (Å²) in [6.45, 7) is 4.74. The maximum atomic E-state index is 13.1. The summed E-state index contributed by atoms with van der Waals surface area (Å²) in [6, 6.07) is 8.83. The number of benzene rings is 2. The van der Waals surface area contributed by atoms with Crippen molar-refractivity contribution in [3.63, 3.8) is 0 Å². The van der Waals surface area contributed by atoms with Crippen LogP contribution in [0.2, 0.25) is 0 Å². The van der Waals surface area contributed by atoms with Crippen molar-refractivity contribution >= 4 is 17.3 Å². The highest BCUT2D eigenvalue weighted by Crippen LogP contribution is 2.39. The Kier molecular flexibility index (Phi) is 8.05. The smallest absolute Gasteiger partial charge is 0.573 e. The van der Waals surface area contributed by atoms with Gasteiger partial charge in [0.2, 0.25) is 5.91 Å². The van der Waals surface area contributed by atoms with Crippen molar-refractivity contribution in [2.75, 3.05) is 0 Å². The van der Waals surface area contributed by atoms with Crippen LogP contribution >= 0.6 is 0 Å². The monoisotopic (exact) mass is 512 g/mol. The molecule has 6 nitrogen and oxygen atoms in total. The second kappa shape index (κ2) is 9.92. The van der Waals surface area contributed by atoms with Crippen LogP contribution in [-0.2, 0) is 21.7 Å². The summed E-state index contributed by atoms with van der Waals surface area (Å²) in [7, 11) is 0. The predicted molar refractivity (Wildman–Crippen MR) is 112 cm³/mol. The zero-order chi connectivity index (χ0) is 25.9. The Morgan fingerprint density at radius 1 is 0.912 bits per heavy atom. The molecule has 0 spiro atoms. The number of nitrogens with one attached hydrogen (secondary N) is 1. The zero-order valence-electron chi connectivity index (χ0n) is 18.2. The van der Waals surface area contributed by atoms with Gasteiger partial charge in [-0.15, -0.1) is 31.1 Å². The summed E-state index contributed by atoms with van der Waals surface area (Å²) in [5.41, 5.74) is 3.39. The van der Waals surface area contributed by atoms with Gasteiger partial charge in [0.25, 0.3) is 0 Å². The lowest BCUT2D eigenvalue weighted by atomic mass is 9.80. The third-order valence-corrected chi connectivity index (χ3v) is 6.03. The number of alkyl halides is 6. The van der Waals surface area contributed by atoms with Crippen LogP contribution in [0.3, 0.4) is 0 Å². The number of carbonyl (C=O) groups excluding carboxylic acids is 1. The maximum absolute atomic E-state index is 13.1. The minimum atomic E-state index is -5.03. The van der Waals surface area contributed by atoms with Gasteiger partial charge in [-0.05, 0) is 56.2 Å². The molecule has 2 aromatic rings. The predicted octanol–water partition coefficient (Wildman–Crippen LogP) is 4.65. The van der Waals surface area contributed by atoms with Crippen LogP contribution in [-0.4, -0.2) is 27.9 Å². The van der Waals surface area contributed by atoms with Gasteiger partial charge in [-0.25, -0.2) is 0 Å². The summed E-state index contributed by atoms with van der Waals surface area (Å²) < 4.78 is 99.5. The van der Waals surface area contributed by atoms with Gasteiger partial charge in [0, 0.05) is 11.4 Å². The molecule has 0 aliphatic carbocycles. The first-order valence-corrected chi connectivity index (χ1v) is 10.8. The van der Waals surface area contributed by atoms with Crippen molar-refractivity contribution in [3.05, 3.63) is 59.7 Å². The normalized spacial score (nSPS) is 13.9. The lowest BCUT2D eigenvalue weighted by Crippen LogP contribution is -2.53. The Bertz CT molecular complexity index is 948. The van der Waals surface area contributed by atoms with Gasteiger partial charge in [0.15, 0.2) is 0 Å². The van der Waals surface area contributed by atoms with E-state index in [9.17, 15) is 35.7 Å². The topological polar surface area (TPSA) is 96.6 Å². The SMILES string of the molecule is CC(C)(C)[S+]([O-])NC(CC(N)=O)(c1cccc(OC(F)(F)F)c1)c1cccc(OC(F)(F)F)c1. The number of halogens is 6. The molecule has 3 N–H and O–H groups in total. The van der Waals surface area contributed by atoms with Crippen molar-refractivity contribution in [1.29, 1.82) is 0 Å². The Balaban J connectivity index is 2.77.